The predicted octanol–water partition coefficient (Wildman–Crippen LogP) is 2.94. The Morgan fingerprint density at radius 2 is 1.84 bits per heavy atom. The van der Waals surface area contributed by atoms with Crippen LogP contribution in [0.25, 0.3) is 0 Å². The summed E-state index contributed by atoms with van der Waals surface area (Å²) in [6, 6.07) is 7.04. The molecule has 0 radical (unpaired) electrons. The van der Waals surface area contributed by atoms with Gasteiger partial charge < -0.3 is 5.32 Å². The van der Waals surface area contributed by atoms with Crippen LogP contribution in [0.4, 0.5) is 0 Å². The minimum atomic E-state index is -0.755. The summed E-state index contributed by atoms with van der Waals surface area (Å²) in [5.41, 5.74) is 3.75. The maximum absolute atomic E-state index is 12.6. The highest BCUT2D eigenvalue weighted by atomic mass is 32.2. The Labute approximate surface area is 119 Å². The van der Waals surface area contributed by atoms with Gasteiger partial charge in [-0.05, 0) is 45.2 Å². The molecule has 0 bridgehead atoms. The minimum Gasteiger partial charge on any atom is -0.317 e. The maximum Gasteiger partial charge on any atom is 0.0488 e. The second-order valence-corrected chi connectivity index (χ2v) is 7.55. The van der Waals surface area contributed by atoms with Crippen molar-refractivity contribution in [3.63, 3.8) is 0 Å². The van der Waals surface area contributed by atoms with Crippen molar-refractivity contribution in [1.29, 1.82) is 0 Å². The molecule has 2 nitrogen and oxygen atoms in total. The number of hydrogen-bond acceptors (Lipinski definition) is 2. The molecule has 1 aromatic rings. The van der Waals surface area contributed by atoms with E-state index in [1.807, 2.05) is 7.05 Å². The molecule has 4 unspecified atom stereocenters. The number of hydrogen-bond donors (Lipinski definition) is 1. The fraction of sp³-hybridized carbons (Fsp3) is 0.625. The van der Waals surface area contributed by atoms with Gasteiger partial charge in [0.15, 0.2) is 0 Å². The van der Waals surface area contributed by atoms with Crippen LogP contribution in [0.15, 0.2) is 18.2 Å². The van der Waals surface area contributed by atoms with Crippen LogP contribution in [0.3, 0.4) is 0 Å². The number of nitrogens with one attached hydrogen (secondary N) is 1. The molecule has 1 aliphatic rings. The van der Waals surface area contributed by atoms with E-state index >= 15 is 0 Å². The van der Waals surface area contributed by atoms with Gasteiger partial charge >= 0.3 is 0 Å². The molecular formula is C16H25NOS. The average Bonchev–Trinajstić information content (AvgIpc) is 2.68. The Morgan fingerprint density at radius 3 is 2.37 bits per heavy atom. The second kappa shape index (κ2) is 6.19. The fourth-order valence-corrected chi connectivity index (χ4v) is 5.11. The van der Waals surface area contributed by atoms with E-state index in [0.29, 0.717) is 23.0 Å². The van der Waals surface area contributed by atoms with Crippen LogP contribution < -0.4 is 5.32 Å². The van der Waals surface area contributed by atoms with Crippen molar-refractivity contribution in [3.05, 3.63) is 34.9 Å². The summed E-state index contributed by atoms with van der Waals surface area (Å²) in [7, 11) is 1.26. The zero-order valence-corrected chi connectivity index (χ0v) is 13.2. The lowest BCUT2D eigenvalue weighted by atomic mass is 10.1. The molecular weight excluding hydrogens is 254 g/mol. The van der Waals surface area contributed by atoms with Gasteiger partial charge in [-0.15, -0.1) is 0 Å². The Balaban J connectivity index is 2.05. The van der Waals surface area contributed by atoms with Gasteiger partial charge in [0.25, 0.3) is 0 Å². The van der Waals surface area contributed by atoms with E-state index in [1.54, 1.807) is 0 Å². The number of benzene rings is 1. The molecule has 1 N–H and O–H groups in total. The van der Waals surface area contributed by atoms with Gasteiger partial charge in [0.2, 0.25) is 0 Å². The zero-order chi connectivity index (χ0) is 14.0. The Morgan fingerprint density at radius 1 is 1.21 bits per heavy atom. The van der Waals surface area contributed by atoms with Gasteiger partial charge in [0.1, 0.15) is 0 Å². The highest BCUT2D eigenvalue weighted by Gasteiger charge is 2.35. The van der Waals surface area contributed by atoms with Crippen molar-refractivity contribution in [1.82, 2.24) is 5.32 Å². The topological polar surface area (TPSA) is 29.1 Å². The SMILES string of the molecule is CNC1CCC(S(=O)Cc2cc(C)cc(C)c2)C1C. The molecule has 4 atom stereocenters. The molecule has 106 valence electrons. The van der Waals surface area contributed by atoms with E-state index < -0.39 is 10.8 Å². The standard InChI is InChI=1S/C16H25NOS/c1-11-7-12(2)9-14(8-11)10-19(18)16-6-5-15(17-4)13(16)3/h7-9,13,15-17H,5-6,10H2,1-4H3. The van der Waals surface area contributed by atoms with Crippen LogP contribution in [0.5, 0.6) is 0 Å². The van der Waals surface area contributed by atoms with Gasteiger partial charge in [-0.1, -0.05) is 36.2 Å². The molecule has 0 spiro atoms. The van der Waals surface area contributed by atoms with Gasteiger partial charge in [0.05, 0.1) is 0 Å². The first kappa shape index (κ1) is 14.7. The van der Waals surface area contributed by atoms with Crippen molar-refractivity contribution in [2.75, 3.05) is 7.05 Å². The van der Waals surface area contributed by atoms with E-state index in [4.69, 9.17) is 0 Å². The normalized spacial score (nSPS) is 28.5. The summed E-state index contributed by atoms with van der Waals surface area (Å²) in [5, 5.41) is 3.69. The van der Waals surface area contributed by atoms with Gasteiger partial charge in [-0.25, -0.2) is 0 Å². The first-order valence-electron chi connectivity index (χ1n) is 7.13. The summed E-state index contributed by atoms with van der Waals surface area (Å²) in [6.07, 6.45) is 2.24. The molecule has 0 heterocycles. The van der Waals surface area contributed by atoms with E-state index in [0.717, 1.165) is 12.8 Å². The molecule has 1 aromatic carbocycles. The van der Waals surface area contributed by atoms with Crippen molar-refractivity contribution < 1.29 is 4.21 Å². The van der Waals surface area contributed by atoms with E-state index in [9.17, 15) is 4.21 Å². The molecule has 1 fully saturated rings. The minimum absolute atomic E-state index is 0.346. The van der Waals surface area contributed by atoms with Gasteiger partial charge in [0, 0.05) is 27.8 Å². The first-order chi connectivity index (χ1) is 9.01. The fourth-order valence-electron chi connectivity index (χ4n) is 3.33. The lowest BCUT2D eigenvalue weighted by Crippen LogP contribution is -2.32. The summed E-state index contributed by atoms with van der Waals surface area (Å²) >= 11 is 0. The van der Waals surface area contributed by atoms with Crippen molar-refractivity contribution in [2.24, 2.45) is 5.92 Å². The molecule has 19 heavy (non-hydrogen) atoms. The van der Waals surface area contributed by atoms with Crippen molar-refractivity contribution in [3.8, 4) is 0 Å². The van der Waals surface area contributed by atoms with Crippen LogP contribution in [0.2, 0.25) is 0 Å². The molecule has 0 amide bonds. The van der Waals surface area contributed by atoms with Crippen molar-refractivity contribution >= 4 is 10.8 Å². The van der Waals surface area contributed by atoms with E-state index in [-0.39, 0.29) is 0 Å². The predicted molar refractivity (Wildman–Crippen MR) is 82.8 cm³/mol. The summed E-state index contributed by atoms with van der Waals surface area (Å²) in [4.78, 5) is 0. The van der Waals surface area contributed by atoms with Crippen LogP contribution in [0, 0.1) is 19.8 Å². The Bertz CT molecular complexity index is 452. The third-order valence-electron chi connectivity index (χ3n) is 4.28. The molecule has 0 saturated heterocycles. The number of aryl methyl sites for hydroxylation is 2. The van der Waals surface area contributed by atoms with E-state index in [2.05, 4.69) is 44.3 Å². The van der Waals surface area contributed by atoms with Crippen LogP contribution in [-0.4, -0.2) is 22.5 Å². The largest absolute Gasteiger partial charge is 0.317 e. The monoisotopic (exact) mass is 279 g/mol. The van der Waals surface area contributed by atoms with Gasteiger partial charge in [-0.3, -0.25) is 4.21 Å². The highest BCUT2D eigenvalue weighted by Crippen LogP contribution is 2.31. The number of rotatable bonds is 4. The van der Waals surface area contributed by atoms with E-state index in [1.165, 1.54) is 16.7 Å². The lowest BCUT2D eigenvalue weighted by Gasteiger charge is -2.20. The lowest BCUT2D eigenvalue weighted by molar-refractivity contribution is 0.460. The molecule has 3 heteroatoms. The molecule has 1 saturated carbocycles. The maximum atomic E-state index is 12.6. The first-order valence-corrected chi connectivity index (χ1v) is 8.51. The third-order valence-corrected chi connectivity index (χ3v) is 6.24. The average molecular weight is 279 g/mol. The zero-order valence-electron chi connectivity index (χ0n) is 12.4. The van der Waals surface area contributed by atoms with Crippen LogP contribution in [0.1, 0.15) is 36.5 Å². The summed E-state index contributed by atoms with van der Waals surface area (Å²) in [6.45, 7) is 6.45. The Hall–Kier alpha value is -0.670. The molecule has 0 aromatic heterocycles. The quantitative estimate of drug-likeness (QED) is 0.918. The highest BCUT2D eigenvalue weighted by molar-refractivity contribution is 7.84. The summed E-state index contributed by atoms with van der Waals surface area (Å²) in [5.74, 6) is 1.21. The molecule has 2 rings (SSSR count). The Kier molecular flexibility index (Phi) is 4.80. The molecule has 0 aliphatic heterocycles. The van der Waals surface area contributed by atoms with Crippen LogP contribution >= 0.6 is 0 Å². The van der Waals surface area contributed by atoms with Gasteiger partial charge in [-0.2, -0.15) is 0 Å². The third kappa shape index (κ3) is 3.46. The molecule has 1 aliphatic carbocycles. The second-order valence-electron chi connectivity index (χ2n) is 5.89. The van der Waals surface area contributed by atoms with Crippen LogP contribution in [-0.2, 0) is 16.6 Å². The smallest absolute Gasteiger partial charge is 0.0488 e. The van der Waals surface area contributed by atoms with Crippen molar-refractivity contribution in [2.45, 2.75) is 50.7 Å². The summed E-state index contributed by atoms with van der Waals surface area (Å²) < 4.78 is 12.6.